The molecule has 0 saturated carbocycles. The summed E-state index contributed by atoms with van der Waals surface area (Å²) < 4.78 is 12.0. The molecule has 0 unspecified atom stereocenters. The van der Waals surface area contributed by atoms with Crippen molar-refractivity contribution in [3.63, 3.8) is 0 Å². The number of carbonyl (C=O) groups is 1. The quantitative estimate of drug-likeness (QED) is 0.539. The third kappa shape index (κ3) is 4.95. The molecule has 0 amide bonds. The molecule has 0 spiro atoms. The van der Waals surface area contributed by atoms with Crippen LogP contribution < -0.4 is 4.74 Å². The summed E-state index contributed by atoms with van der Waals surface area (Å²) in [6, 6.07) is 9.94. The third-order valence-corrected chi connectivity index (χ3v) is 5.16. The Kier molecular flexibility index (Phi) is 6.29. The van der Waals surface area contributed by atoms with Crippen LogP contribution in [0.5, 0.6) is 5.75 Å². The number of aliphatic carboxylic acids is 1. The summed E-state index contributed by atoms with van der Waals surface area (Å²) in [5, 5.41) is 8.57. The van der Waals surface area contributed by atoms with Crippen molar-refractivity contribution in [1.82, 2.24) is 0 Å². The molecular formula is C21H26O4. The van der Waals surface area contributed by atoms with Gasteiger partial charge in [-0.2, -0.15) is 0 Å². The number of benzene rings is 1. The van der Waals surface area contributed by atoms with E-state index in [2.05, 4.69) is 6.08 Å². The molecule has 3 rings (SSSR count). The second kappa shape index (κ2) is 8.86. The molecule has 2 heterocycles. The third-order valence-electron chi connectivity index (χ3n) is 5.16. The average Bonchev–Trinajstić information content (AvgIpc) is 3.21. The van der Waals surface area contributed by atoms with Crippen LogP contribution in [0.1, 0.15) is 32.1 Å². The summed E-state index contributed by atoms with van der Waals surface area (Å²) in [6.07, 6.45) is 12.9. The molecule has 134 valence electrons. The molecule has 4 nitrogen and oxygen atoms in total. The zero-order valence-electron chi connectivity index (χ0n) is 14.4. The van der Waals surface area contributed by atoms with E-state index in [0.29, 0.717) is 30.5 Å². The lowest BCUT2D eigenvalue weighted by atomic mass is 9.76. The molecule has 1 aromatic carbocycles. The zero-order valence-corrected chi connectivity index (χ0v) is 14.4. The molecule has 0 aliphatic carbocycles. The van der Waals surface area contributed by atoms with Gasteiger partial charge >= 0.3 is 5.97 Å². The van der Waals surface area contributed by atoms with Crippen molar-refractivity contribution in [3.8, 4) is 5.75 Å². The maximum absolute atomic E-state index is 10.4. The van der Waals surface area contributed by atoms with Gasteiger partial charge in [-0.25, -0.2) is 4.79 Å². The minimum absolute atomic E-state index is 0.380. The molecule has 2 saturated heterocycles. The number of ether oxygens (including phenoxy) is 2. The van der Waals surface area contributed by atoms with Gasteiger partial charge in [0, 0.05) is 6.08 Å². The van der Waals surface area contributed by atoms with Gasteiger partial charge in [-0.3, -0.25) is 0 Å². The number of carboxylic acids is 1. The van der Waals surface area contributed by atoms with Gasteiger partial charge in [0.05, 0.1) is 18.8 Å². The lowest BCUT2D eigenvalue weighted by Crippen LogP contribution is -2.28. The standard InChI is InChI=1S/C21H26O4/c22-21(23)11-7-2-1-6-10-17-18(20-13-12-19(17)25-20)14-15-24-16-8-4-3-5-9-16/h1,3-9,11,17-20H,2,10,12-15H2,(H,22,23)/t17-,18+,19-,20+/m0/s1. The summed E-state index contributed by atoms with van der Waals surface area (Å²) in [7, 11) is 0. The van der Waals surface area contributed by atoms with Crippen molar-refractivity contribution < 1.29 is 19.4 Å². The first kappa shape index (κ1) is 17.7. The SMILES string of the molecule is O=C(O)C=CCC=CC[C@H]1[C@@H](CCOc2ccccc2)[C@H]2CC[C@@H]1O2. The van der Waals surface area contributed by atoms with E-state index in [1.165, 1.54) is 12.5 Å². The van der Waals surface area contributed by atoms with Gasteiger partial charge in [0.2, 0.25) is 0 Å². The van der Waals surface area contributed by atoms with Crippen LogP contribution in [0.2, 0.25) is 0 Å². The fourth-order valence-corrected chi connectivity index (χ4v) is 4.02. The summed E-state index contributed by atoms with van der Waals surface area (Å²) >= 11 is 0. The predicted molar refractivity (Wildman–Crippen MR) is 96.6 cm³/mol. The highest BCUT2D eigenvalue weighted by atomic mass is 16.5. The van der Waals surface area contributed by atoms with Gasteiger partial charge in [-0.05, 0) is 56.1 Å². The fourth-order valence-electron chi connectivity index (χ4n) is 4.02. The van der Waals surface area contributed by atoms with Crippen molar-refractivity contribution in [2.24, 2.45) is 11.8 Å². The van der Waals surface area contributed by atoms with Crippen LogP contribution in [-0.2, 0) is 9.53 Å². The summed E-state index contributed by atoms with van der Waals surface area (Å²) in [5.74, 6) is 1.14. The molecular weight excluding hydrogens is 316 g/mol. The Labute approximate surface area is 149 Å². The number of rotatable bonds is 9. The lowest BCUT2D eigenvalue weighted by molar-refractivity contribution is -0.131. The molecule has 0 aromatic heterocycles. The molecule has 4 atom stereocenters. The Bertz CT molecular complexity index is 608. The molecule has 1 N–H and O–H groups in total. The van der Waals surface area contributed by atoms with Crippen LogP contribution in [0.25, 0.3) is 0 Å². The van der Waals surface area contributed by atoms with Gasteiger partial charge < -0.3 is 14.6 Å². The number of allylic oxidation sites excluding steroid dienone is 3. The van der Waals surface area contributed by atoms with E-state index >= 15 is 0 Å². The van der Waals surface area contributed by atoms with E-state index in [0.717, 1.165) is 31.6 Å². The van der Waals surface area contributed by atoms with Gasteiger partial charge in [0.1, 0.15) is 5.75 Å². The fraction of sp³-hybridized carbons (Fsp3) is 0.476. The van der Waals surface area contributed by atoms with Crippen molar-refractivity contribution in [1.29, 1.82) is 0 Å². The normalized spacial score (nSPS) is 28.2. The molecule has 25 heavy (non-hydrogen) atoms. The van der Waals surface area contributed by atoms with E-state index in [4.69, 9.17) is 14.6 Å². The van der Waals surface area contributed by atoms with Crippen LogP contribution in [0.15, 0.2) is 54.6 Å². The Morgan fingerprint density at radius 2 is 1.88 bits per heavy atom. The van der Waals surface area contributed by atoms with Crippen molar-refractivity contribution >= 4 is 5.97 Å². The van der Waals surface area contributed by atoms with Crippen molar-refractivity contribution in [3.05, 3.63) is 54.6 Å². The van der Waals surface area contributed by atoms with E-state index in [1.807, 2.05) is 36.4 Å². The second-order valence-electron chi connectivity index (χ2n) is 6.75. The molecule has 1 aromatic rings. The number of para-hydroxylation sites is 1. The first-order valence-corrected chi connectivity index (χ1v) is 9.12. The summed E-state index contributed by atoms with van der Waals surface area (Å²) in [4.78, 5) is 10.4. The van der Waals surface area contributed by atoms with E-state index < -0.39 is 5.97 Å². The first-order valence-electron chi connectivity index (χ1n) is 9.12. The van der Waals surface area contributed by atoms with E-state index in [9.17, 15) is 4.79 Å². The maximum atomic E-state index is 10.4. The average molecular weight is 342 g/mol. The lowest BCUT2D eigenvalue weighted by Gasteiger charge is -2.27. The van der Waals surface area contributed by atoms with Gasteiger partial charge in [-0.1, -0.05) is 36.4 Å². The monoisotopic (exact) mass is 342 g/mol. The maximum Gasteiger partial charge on any atom is 0.327 e. The zero-order chi connectivity index (χ0) is 17.5. The van der Waals surface area contributed by atoms with Gasteiger partial charge in [0.15, 0.2) is 0 Å². The minimum atomic E-state index is -0.895. The van der Waals surface area contributed by atoms with Crippen LogP contribution >= 0.6 is 0 Å². The topological polar surface area (TPSA) is 55.8 Å². The van der Waals surface area contributed by atoms with Crippen molar-refractivity contribution in [2.75, 3.05) is 6.61 Å². The molecule has 2 bridgehead atoms. The van der Waals surface area contributed by atoms with Gasteiger partial charge in [-0.15, -0.1) is 0 Å². The van der Waals surface area contributed by atoms with Crippen molar-refractivity contribution in [2.45, 2.75) is 44.3 Å². The first-order chi connectivity index (χ1) is 12.2. The van der Waals surface area contributed by atoms with Crippen LogP contribution in [0, 0.1) is 11.8 Å². The Balaban J connectivity index is 1.46. The predicted octanol–water partition coefficient (Wildman–Crippen LogP) is 4.23. The molecule has 2 fully saturated rings. The molecule has 0 radical (unpaired) electrons. The summed E-state index contributed by atoms with van der Waals surface area (Å²) in [5.41, 5.74) is 0. The molecule has 2 aliphatic heterocycles. The van der Waals surface area contributed by atoms with E-state index in [-0.39, 0.29) is 0 Å². The van der Waals surface area contributed by atoms with Gasteiger partial charge in [0.25, 0.3) is 0 Å². The van der Waals surface area contributed by atoms with Crippen LogP contribution in [-0.4, -0.2) is 29.9 Å². The number of fused-ring (bicyclic) bond motifs is 2. The Morgan fingerprint density at radius 3 is 2.64 bits per heavy atom. The highest BCUT2D eigenvalue weighted by molar-refractivity contribution is 5.79. The second-order valence-corrected chi connectivity index (χ2v) is 6.75. The highest BCUT2D eigenvalue weighted by Crippen LogP contribution is 2.46. The summed E-state index contributed by atoms with van der Waals surface area (Å²) in [6.45, 7) is 0.725. The number of carboxylic acid groups (broad SMARTS) is 1. The Morgan fingerprint density at radius 1 is 1.12 bits per heavy atom. The molecule has 4 heteroatoms. The van der Waals surface area contributed by atoms with Crippen LogP contribution in [0.4, 0.5) is 0 Å². The highest BCUT2D eigenvalue weighted by Gasteiger charge is 2.47. The largest absolute Gasteiger partial charge is 0.494 e. The Hall–Kier alpha value is -2.07. The smallest absolute Gasteiger partial charge is 0.327 e. The van der Waals surface area contributed by atoms with Crippen LogP contribution in [0.3, 0.4) is 0 Å². The minimum Gasteiger partial charge on any atom is -0.494 e. The number of hydrogen-bond acceptors (Lipinski definition) is 3. The molecule has 2 aliphatic rings. The van der Waals surface area contributed by atoms with E-state index in [1.54, 1.807) is 6.08 Å². The number of hydrogen-bond donors (Lipinski definition) is 1.